The Hall–Kier alpha value is -3.92. The van der Waals surface area contributed by atoms with Crippen molar-refractivity contribution in [2.45, 2.75) is 0 Å². The number of nitriles is 1. The number of fused-ring (bicyclic) bond motifs is 1. The first-order valence-electron chi connectivity index (χ1n) is 8.15. The van der Waals surface area contributed by atoms with Gasteiger partial charge in [0.05, 0.1) is 17.8 Å². The molecule has 0 spiro atoms. The van der Waals surface area contributed by atoms with Gasteiger partial charge in [0.15, 0.2) is 5.82 Å². The van der Waals surface area contributed by atoms with E-state index < -0.39 is 5.82 Å². The number of hydrogen-bond donors (Lipinski definition) is 1. The molecule has 4 aromatic rings. The lowest BCUT2D eigenvalue weighted by Gasteiger charge is -2.11. The Labute approximate surface area is 154 Å². The first-order chi connectivity index (χ1) is 13.2. The number of anilines is 1. The van der Waals surface area contributed by atoms with Crippen LogP contribution in [0.1, 0.15) is 5.56 Å². The highest BCUT2D eigenvalue weighted by Crippen LogP contribution is 2.31. The van der Waals surface area contributed by atoms with Crippen LogP contribution < -0.4 is 5.32 Å². The molecule has 0 amide bonds. The van der Waals surface area contributed by atoms with Crippen molar-refractivity contribution in [3.63, 3.8) is 0 Å². The van der Waals surface area contributed by atoms with Crippen LogP contribution in [0.25, 0.3) is 33.5 Å². The van der Waals surface area contributed by atoms with Crippen LogP contribution in [0.5, 0.6) is 0 Å². The summed E-state index contributed by atoms with van der Waals surface area (Å²) in [4.78, 5) is 17.0. The van der Waals surface area contributed by atoms with E-state index in [0.29, 0.717) is 28.0 Å². The fourth-order valence-corrected chi connectivity index (χ4v) is 2.84. The normalized spacial score (nSPS) is 10.6. The predicted molar refractivity (Wildman–Crippen MR) is 100 cm³/mol. The summed E-state index contributed by atoms with van der Waals surface area (Å²) >= 11 is 0. The van der Waals surface area contributed by atoms with E-state index in [0.717, 1.165) is 5.56 Å². The lowest BCUT2D eigenvalue weighted by molar-refractivity contribution is 0.637. The minimum absolute atomic E-state index is 0.190. The fourth-order valence-electron chi connectivity index (χ4n) is 2.84. The molecular formula is C20H13FN6. The molecule has 0 fully saturated rings. The van der Waals surface area contributed by atoms with Crippen LogP contribution in [0.4, 0.5) is 10.2 Å². The van der Waals surface area contributed by atoms with Crippen molar-refractivity contribution < 1.29 is 4.39 Å². The molecule has 2 heterocycles. The molecule has 6 nitrogen and oxygen atoms in total. The van der Waals surface area contributed by atoms with E-state index in [1.165, 1.54) is 18.5 Å². The lowest BCUT2D eigenvalue weighted by atomic mass is 10.0. The van der Waals surface area contributed by atoms with Gasteiger partial charge in [-0.1, -0.05) is 12.1 Å². The van der Waals surface area contributed by atoms with Gasteiger partial charge in [-0.2, -0.15) is 5.26 Å². The molecular weight excluding hydrogens is 343 g/mol. The van der Waals surface area contributed by atoms with Gasteiger partial charge in [0.1, 0.15) is 22.8 Å². The summed E-state index contributed by atoms with van der Waals surface area (Å²) in [6.07, 6.45) is 4.61. The number of benzene rings is 2. The molecule has 4 rings (SSSR count). The van der Waals surface area contributed by atoms with E-state index in [1.54, 1.807) is 37.5 Å². The summed E-state index contributed by atoms with van der Waals surface area (Å²) in [6, 6.07) is 12.3. The zero-order chi connectivity index (χ0) is 18.8. The van der Waals surface area contributed by atoms with Crippen molar-refractivity contribution in [1.29, 1.82) is 5.26 Å². The molecule has 2 aromatic carbocycles. The van der Waals surface area contributed by atoms with E-state index in [9.17, 15) is 4.39 Å². The second-order valence-corrected chi connectivity index (χ2v) is 5.78. The van der Waals surface area contributed by atoms with Crippen molar-refractivity contribution >= 4 is 16.7 Å². The zero-order valence-corrected chi connectivity index (χ0v) is 14.3. The molecule has 0 saturated heterocycles. The molecule has 7 heteroatoms. The van der Waals surface area contributed by atoms with Gasteiger partial charge in [-0.15, -0.1) is 0 Å². The molecule has 0 aliphatic carbocycles. The standard InChI is InChI=1S/C20H13FN6/c1-23-19-15-8-14(13-4-2-3-12(7-13)10-22)9-16(21)18(15)26-20(27-19)17-11-24-5-6-25-17/h2-9,11H,1H3,(H,23,26,27). The maximum Gasteiger partial charge on any atom is 0.182 e. The Bertz CT molecular complexity index is 1180. The van der Waals surface area contributed by atoms with Gasteiger partial charge >= 0.3 is 0 Å². The number of nitrogens with zero attached hydrogens (tertiary/aromatic N) is 5. The molecule has 0 aliphatic heterocycles. The molecule has 27 heavy (non-hydrogen) atoms. The average molecular weight is 356 g/mol. The molecule has 0 radical (unpaired) electrons. The van der Waals surface area contributed by atoms with Gasteiger partial charge in [-0.25, -0.2) is 19.3 Å². The molecule has 130 valence electrons. The third-order valence-electron chi connectivity index (χ3n) is 4.11. The third kappa shape index (κ3) is 3.04. The Kier molecular flexibility index (Phi) is 4.15. The smallest absolute Gasteiger partial charge is 0.182 e. The van der Waals surface area contributed by atoms with Crippen LogP contribution in [0.3, 0.4) is 0 Å². The number of halogens is 1. The molecule has 0 saturated carbocycles. The molecule has 2 aromatic heterocycles. The third-order valence-corrected chi connectivity index (χ3v) is 4.11. The van der Waals surface area contributed by atoms with Crippen LogP contribution in [0, 0.1) is 17.1 Å². The van der Waals surface area contributed by atoms with Gasteiger partial charge in [0.2, 0.25) is 0 Å². The van der Waals surface area contributed by atoms with Crippen molar-refractivity contribution in [3.8, 4) is 28.7 Å². The predicted octanol–water partition coefficient (Wildman–Crippen LogP) is 3.81. The maximum absolute atomic E-state index is 14.9. The summed E-state index contributed by atoms with van der Waals surface area (Å²) in [5, 5.41) is 12.6. The van der Waals surface area contributed by atoms with E-state index in [-0.39, 0.29) is 11.3 Å². The summed E-state index contributed by atoms with van der Waals surface area (Å²) in [6.45, 7) is 0. The van der Waals surface area contributed by atoms with Crippen molar-refractivity contribution in [2.24, 2.45) is 0 Å². The van der Waals surface area contributed by atoms with E-state index >= 15 is 0 Å². The summed E-state index contributed by atoms with van der Waals surface area (Å²) in [7, 11) is 1.71. The van der Waals surface area contributed by atoms with Crippen LogP contribution in [0.2, 0.25) is 0 Å². The van der Waals surface area contributed by atoms with Gasteiger partial charge in [0.25, 0.3) is 0 Å². The van der Waals surface area contributed by atoms with E-state index in [2.05, 4.69) is 31.3 Å². The summed E-state index contributed by atoms with van der Waals surface area (Å²) in [5.41, 5.74) is 2.55. The largest absolute Gasteiger partial charge is 0.373 e. The molecule has 1 N–H and O–H groups in total. The van der Waals surface area contributed by atoms with Gasteiger partial charge in [-0.3, -0.25) is 4.98 Å². The highest BCUT2D eigenvalue weighted by Gasteiger charge is 2.15. The summed E-state index contributed by atoms with van der Waals surface area (Å²) in [5.74, 6) is 0.296. The van der Waals surface area contributed by atoms with Crippen LogP contribution in [0.15, 0.2) is 55.0 Å². The van der Waals surface area contributed by atoms with E-state index in [4.69, 9.17) is 5.26 Å². The van der Waals surface area contributed by atoms with Gasteiger partial charge < -0.3 is 5.32 Å². The molecule has 0 atom stereocenters. The second kappa shape index (κ2) is 6.77. The Morgan fingerprint density at radius 3 is 2.70 bits per heavy atom. The highest BCUT2D eigenvalue weighted by molar-refractivity contribution is 5.94. The SMILES string of the molecule is CNc1nc(-c2cnccn2)nc2c(F)cc(-c3cccc(C#N)c3)cc12. The zero-order valence-electron chi connectivity index (χ0n) is 14.3. The lowest BCUT2D eigenvalue weighted by Crippen LogP contribution is -2.01. The molecule has 0 aliphatic rings. The number of nitrogens with one attached hydrogen (secondary N) is 1. The highest BCUT2D eigenvalue weighted by atomic mass is 19.1. The van der Waals surface area contributed by atoms with Crippen LogP contribution in [-0.4, -0.2) is 27.0 Å². The molecule has 0 unspecified atom stereocenters. The Morgan fingerprint density at radius 1 is 1.07 bits per heavy atom. The molecule has 0 bridgehead atoms. The minimum atomic E-state index is -0.478. The average Bonchev–Trinajstić information content (AvgIpc) is 2.73. The number of hydrogen-bond acceptors (Lipinski definition) is 6. The second-order valence-electron chi connectivity index (χ2n) is 5.78. The van der Waals surface area contributed by atoms with E-state index in [1.807, 2.05) is 6.07 Å². The Morgan fingerprint density at radius 2 is 1.96 bits per heavy atom. The minimum Gasteiger partial charge on any atom is -0.373 e. The van der Waals surface area contributed by atoms with Crippen LogP contribution in [-0.2, 0) is 0 Å². The van der Waals surface area contributed by atoms with Crippen molar-refractivity contribution in [1.82, 2.24) is 19.9 Å². The maximum atomic E-state index is 14.9. The topological polar surface area (TPSA) is 87.4 Å². The fraction of sp³-hybridized carbons (Fsp3) is 0.0500. The number of rotatable bonds is 3. The summed E-state index contributed by atoms with van der Waals surface area (Å²) < 4.78 is 14.9. The van der Waals surface area contributed by atoms with Gasteiger partial charge in [-0.05, 0) is 35.4 Å². The first-order valence-corrected chi connectivity index (χ1v) is 8.15. The quantitative estimate of drug-likeness (QED) is 0.601. The van der Waals surface area contributed by atoms with Crippen molar-refractivity contribution in [2.75, 3.05) is 12.4 Å². The Balaban J connectivity index is 1.94. The first kappa shape index (κ1) is 16.5. The number of aromatic nitrogens is 4. The monoisotopic (exact) mass is 356 g/mol. The van der Waals surface area contributed by atoms with Gasteiger partial charge in [0, 0.05) is 24.8 Å². The van der Waals surface area contributed by atoms with Crippen molar-refractivity contribution in [3.05, 3.63) is 66.4 Å². The van der Waals surface area contributed by atoms with Crippen LogP contribution >= 0.6 is 0 Å².